The molecule has 16 heavy (non-hydrogen) atoms. The number of nitrogens with zero attached hydrogens (tertiary/aromatic N) is 2. The molecule has 2 aromatic rings. The molecule has 2 rings (SSSR count). The van der Waals surface area contributed by atoms with Crippen molar-refractivity contribution in [1.82, 2.24) is 9.78 Å². The first-order valence-corrected chi connectivity index (χ1v) is 4.80. The molecular formula is C11H12FN3O. The van der Waals surface area contributed by atoms with Crippen molar-refractivity contribution >= 4 is 5.82 Å². The Balaban J connectivity index is 2.52. The van der Waals surface area contributed by atoms with Crippen LogP contribution in [0.1, 0.15) is 5.56 Å². The smallest absolute Gasteiger partial charge is 0.129 e. The first-order chi connectivity index (χ1) is 7.63. The summed E-state index contributed by atoms with van der Waals surface area (Å²) in [5.41, 5.74) is 7.54. The van der Waals surface area contributed by atoms with E-state index < -0.39 is 5.82 Å². The predicted octanol–water partition coefficient (Wildman–Crippen LogP) is 1.30. The van der Waals surface area contributed by atoms with Gasteiger partial charge in [0, 0.05) is 18.2 Å². The number of rotatable bonds is 2. The molecule has 0 fully saturated rings. The molecule has 3 N–H and O–H groups in total. The first kappa shape index (κ1) is 10.6. The van der Waals surface area contributed by atoms with E-state index in [4.69, 9.17) is 10.8 Å². The molecule has 1 aromatic heterocycles. The van der Waals surface area contributed by atoms with Gasteiger partial charge in [0.2, 0.25) is 0 Å². The molecule has 0 atom stereocenters. The minimum atomic E-state index is -0.422. The van der Waals surface area contributed by atoms with E-state index in [1.165, 1.54) is 10.7 Å². The van der Waals surface area contributed by atoms with E-state index in [0.717, 1.165) is 11.1 Å². The number of hydrogen-bond acceptors (Lipinski definition) is 3. The van der Waals surface area contributed by atoms with Gasteiger partial charge in [-0.05, 0) is 17.7 Å². The van der Waals surface area contributed by atoms with Crippen molar-refractivity contribution < 1.29 is 9.50 Å². The molecule has 0 amide bonds. The van der Waals surface area contributed by atoms with Crippen LogP contribution in [0.15, 0.2) is 24.4 Å². The van der Waals surface area contributed by atoms with Crippen molar-refractivity contribution in [2.24, 2.45) is 7.05 Å². The quantitative estimate of drug-likeness (QED) is 0.803. The van der Waals surface area contributed by atoms with Gasteiger partial charge in [-0.1, -0.05) is 6.07 Å². The van der Waals surface area contributed by atoms with Gasteiger partial charge >= 0.3 is 0 Å². The van der Waals surface area contributed by atoms with Gasteiger partial charge < -0.3 is 10.8 Å². The molecule has 84 valence electrons. The molecule has 0 saturated heterocycles. The second kappa shape index (κ2) is 3.94. The fourth-order valence-electron chi connectivity index (χ4n) is 1.53. The van der Waals surface area contributed by atoms with Crippen LogP contribution < -0.4 is 5.73 Å². The summed E-state index contributed by atoms with van der Waals surface area (Å²) >= 11 is 0. The molecule has 0 radical (unpaired) electrons. The summed E-state index contributed by atoms with van der Waals surface area (Å²) in [6.45, 7) is -0.333. The molecular weight excluding hydrogens is 209 g/mol. The number of hydrogen-bond donors (Lipinski definition) is 2. The normalized spacial score (nSPS) is 10.7. The summed E-state index contributed by atoms with van der Waals surface area (Å²) in [7, 11) is 1.73. The summed E-state index contributed by atoms with van der Waals surface area (Å²) in [6.07, 6.45) is 1.61. The Hall–Kier alpha value is -1.88. The highest BCUT2D eigenvalue weighted by atomic mass is 19.1. The van der Waals surface area contributed by atoms with E-state index >= 15 is 0 Å². The number of aryl methyl sites for hydroxylation is 1. The van der Waals surface area contributed by atoms with E-state index in [-0.39, 0.29) is 12.2 Å². The third-order valence-corrected chi connectivity index (χ3v) is 2.51. The summed E-state index contributed by atoms with van der Waals surface area (Å²) in [5, 5.41) is 13.0. The van der Waals surface area contributed by atoms with Crippen LogP contribution in [-0.4, -0.2) is 14.9 Å². The number of aliphatic hydroxyl groups is 1. The summed E-state index contributed by atoms with van der Waals surface area (Å²) in [4.78, 5) is 0. The highest BCUT2D eigenvalue weighted by Gasteiger charge is 2.09. The van der Waals surface area contributed by atoms with Gasteiger partial charge in [0.05, 0.1) is 12.8 Å². The number of nitrogens with two attached hydrogens (primary N) is 1. The van der Waals surface area contributed by atoms with Crippen LogP contribution in [0.5, 0.6) is 0 Å². The summed E-state index contributed by atoms with van der Waals surface area (Å²) < 4.78 is 14.7. The van der Waals surface area contributed by atoms with Crippen LogP contribution >= 0.6 is 0 Å². The average Bonchev–Trinajstić information content (AvgIpc) is 2.61. The first-order valence-electron chi connectivity index (χ1n) is 4.80. The molecule has 1 aromatic carbocycles. The lowest BCUT2D eigenvalue weighted by atomic mass is 10.1. The average molecular weight is 221 g/mol. The topological polar surface area (TPSA) is 64.1 Å². The van der Waals surface area contributed by atoms with E-state index in [2.05, 4.69) is 5.10 Å². The van der Waals surface area contributed by atoms with Crippen LogP contribution in [-0.2, 0) is 13.7 Å². The third-order valence-electron chi connectivity index (χ3n) is 2.51. The maximum absolute atomic E-state index is 13.2. The maximum Gasteiger partial charge on any atom is 0.129 e. The van der Waals surface area contributed by atoms with Crippen LogP contribution in [0, 0.1) is 5.82 Å². The van der Waals surface area contributed by atoms with Gasteiger partial charge in [0.1, 0.15) is 11.6 Å². The summed E-state index contributed by atoms with van der Waals surface area (Å²) in [6, 6.07) is 4.50. The van der Waals surface area contributed by atoms with Gasteiger partial charge in [0.15, 0.2) is 0 Å². The van der Waals surface area contributed by atoms with Gasteiger partial charge in [-0.15, -0.1) is 0 Å². The highest BCUT2D eigenvalue weighted by Crippen LogP contribution is 2.26. The number of anilines is 1. The van der Waals surface area contributed by atoms with Gasteiger partial charge in [-0.3, -0.25) is 4.68 Å². The zero-order valence-electron chi connectivity index (χ0n) is 8.81. The molecule has 0 saturated carbocycles. The summed E-state index contributed by atoms with van der Waals surface area (Å²) in [5.74, 6) is 0.0872. The minimum Gasteiger partial charge on any atom is -0.392 e. The molecule has 1 heterocycles. The van der Waals surface area contributed by atoms with Crippen LogP contribution in [0.4, 0.5) is 10.2 Å². The van der Waals surface area contributed by atoms with Crippen LogP contribution in [0.3, 0.4) is 0 Å². The molecule has 0 unspecified atom stereocenters. The van der Waals surface area contributed by atoms with E-state index in [9.17, 15) is 4.39 Å². The zero-order chi connectivity index (χ0) is 11.7. The molecule has 4 nitrogen and oxygen atoms in total. The number of aromatic nitrogens is 2. The second-order valence-corrected chi connectivity index (χ2v) is 3.53. The predicted molar refractivity (Wildman–Crippen MR) is 58.9 cm³/mol. The van der Waals surface area contributed by atoms with Crippen molar-refractivity contribution in [3.05, 3.63) is 35.8 Å². The van der Waals surface area contributed by atoms with E-state index in [1.807, 2.05) is 0 Å². The zero-order valence-corrected chi connectivity index (χ0v) is 8.81. The lowest BCUT2D eigenvalue weighted by Gasteiger charge is -2.04. The second-order valence-electron chi connectivity index (χ2n) is 3.53. The Labute approximate surface area is 92.1 Å². The number of halogens is 1. The molecule has 0 aliphatic carbocycles. The number of benzene rings is 1. The van der Waals surface area contributed by atoms with E-state index in [1.54, 1.807) is 25.4 Å². The molecule has 0 aliphatic rings. The van der Waals surface area contributed by atoms with Crippen molar-refractivity contribution in [1.29, 1.82) is 0 Å². The van der Waals surface area contributed by atoms with Gasteiger partial charge in [0.25, 0.3) is 0 Å². The lowest BCUT2D eigenvalue weighted by Crippen LogP contribution is -1.98. The Morgan fingerprint density at radius 1 is 1.50 bits per heavy atom. The molecule has 0 bridgehead atoms. The van der Waals surface area contributed by atoms with Crippen LogP contribution in [0.2, 0.25) is 0 Å². The Morgan fingerprint density at radius 2 is 2.25 bits per heavy atom. The monoisotopic (exact) mass is 221 g/mol. The van der Waals surface area contributed by atoms with Crippen molar-refractivity contribution in [2.45, 2.75) is 6.61 Å². The van der Waals surface area contributed by atoms with Crippen molar-refractivity contribution in [3.8, 4) is 11.1 Å². The number of nitrogen functional groups attached to an aromatic ring is 1. The van der Waals surface area contributed by atoms with Crippen molar-refractivity contribution in [3.63, 3.8) is 0 Å². The maximum atomic E-state index is 13.2. The van der Waals surface area contributed by atoms with Gasteiger partial charge in [-0.2, -0.15) is 5.10 Å². The third kappa shape index (κ3) is 1.65. The standard InChI is InChI=1S/C11H12FN3O/c1-15-11(13)9(5-14-15)7-2-3-10(12)8(4-7)6-16/h2-5,16H,6,13H2,1H3. The minimum absolute atomic E-state index is 0.251. The Morgan fingerprint density at radius 3 is 2.81 bits per heavy atom. The molecule has 5 heteroatoms. The molecule has 0 spiro atoms. The highest BCUT2D eigenvalue weighted by molar-refractivity contribution is 5.73. The number of aliphatic hydroxyl groups excluding tert-OH is 1. The fourth-order valence-corrected chi connectivity index (χ4v) is 1.53. The molecule has 0 aliphatic heterocycles. The van der Waals surface area contributed by atoms with Crippen LogP contribution in [0.25, 0.3) is 11.1 Å². The van der Waals surface area contributed by atoms with E-state index in [0.29, 0.717) is 5.82 Å². The fraction of sp³-hybridized carbons (Fsp3) is 0.182. The largest absolute Gasteiger partial charge is 0.392 e. The SMILES string of the molecule is Cn1ncc(-c2ccc(F)c(CO)c2)c1N. The van der Waals surface area contributed by atoms with Crippen molar-refractivity contribution in [2.75, 3.05) is 5.73 Å². The van der Waals surface area contributed by atoms with Gasteiger partial charge in [-0.25, -0.2) is 4.39 Å². The Kier molecular flexibility index (Phi) is 2.62. The Bertz CT molecular complexity index is 522. The lowest BCUT2D eigenvalue weighted by molar-refractivity contribution is 0.276.